The van der Waals surface area contributed by atoms with Gasteiger partial charge in [-0.3, -0.25) is 9.69 Å². The molecule has 6 heteroatoms. The number of carboxylic acids is 1. The van der Waals surface area contributed by atoms with Crippen molar-refractivity contribution >= 4 is 5.97 Å². The molecule has 2 aliphatic rings. The molecule has 1 atom stereocenters. The lowest BCUT2D eigenvalue weighted by Gasteiger charge is -2.46. The fourth-order valence-corrected chi connectivity index (χ4v) is 3.57. The summed E-state index contributed by atoms with van der Waals surface area (Å²) in [6.07, 6.45) is 1.75. The van der Waals surface area contributed by atoms with Gasteiger partial charge in [0.25, 0.3) is 0 Å². The Morgan fingerprint density at radius 2 is 2.17 bits per heavy atom. The first-order chi connectivity index (χ1) is 11.0. The molecule has 2 N–H and O–H groups in total. The van der Waals surface area contributed by atoms with Crippen LogP contribution in [0.1, 0.15) is 30.0 Å². The van der Waals surface area contributed by atoms with Crippen LogP contribution in [0.3, 0.4) is 0 Å². The van der Waals surface area contributed by atoms with Crippen molar-refractivity contribution in [3.8, 4) is 0 Å². The van der Waals surface area contributed by atoms with Crippen LogP contribution in [0.15, 0.2) is 18.2 Å². The number of rotatable bonds is 3. The molecule has 126 valence electrons. The second-order valence-electron chi connectivity index (χ2n) is 6.50. The zero-order chi connectivity index (χ0) is 16.4. The normalized spacial score (nSPS) is 22.9. The number of hydrogen-bond acceptors (Lipinski definition) is 4. The summed E-state index contributed by atoms with van der Waals surface area (Å²) >= 11 is 0. The van der Waals surface area contributed by atoms with Gasteiger partial charge in [0.05, 0.1) is 12.2 Å². The molecule has 0 aromatic heterocycles. The van der Waals surface area contributed by atoms with Crippen LogP contribution in [0.25, 0.3) is 0 Å². The highest BCUT2D eigenvalue weighted by molar-refractivity contribution is 5.75. The molecule has 2 fully saturated rings. The van der Waals surface area contributed by atoms with Gasteiger partial charge in [0.2, 0.25) is 0 Å². The lowest BCUT2D eigenvalue weighted by atomic mass is 9.89. The maximum atomic E-state index is 13.9. The zero-order valence-electron chi connectivity index (χ0n) is 13.3. The number of aryl methyl sites for hydroxylation is 1. The molecule has 23 heavy (non-hydrogen) atoms. The van der Waals surface area contributed by atoms with Crippen molar-refractivity contribution in [1.29, 1.82) is 0 Å². The number of piperidine rings is 1. The first kappa shape index (κ1) is 16.4. The van der Waals surface area contributed by atoms with E-state index in [-0.39, 0.29) is 11.4 Å². The third-order valence-electron chi connectivity index (χ3n) is 4.90. The number of nitrogens with zero attached hydrogens (tertiary/aromatic N) is 1. The standard InChI is InChI=1S/C17H23FN2O3/c1-12-2-3-13(10-14(12)18)15(16(21)22)20-8-9-23-17(11-20)4-6-19-7-5-17/h2-3,10,15,19H,4-9,11H2,1H3,(H,21,22). The van der Waals surface area contributed by atoms with E-state index in [9.17, 15) is 14.3 Å². The molecule has 2 heterocycles. The van der Waals surface area contributed by atoms with Gasteiger partial charge in [-0.05, 0) is 50.0 Å². The van der Waals surface area contributed by atoms with Crippen molar-refractivity contribution in [1.82, 2.24) is 10.2 Å². The number of morpholine rings is 1. The Hall–Kier alpha value is -1.50. The van der Waals surface area contributed by atoms with E-state index < -0.39 is 12.0 Å². The molecule has 3 rings (SSSR count). The second kappa shape index (κ2) is 6.55. The van der Waals surface area contributed by atoms with Crippen LogP contribution in [-0.4, -0.2) is 54.4 Å². The molecule has 0 saturated carbocycles. The predicted octanol–water partition coefficient (Wildman–Crippen LogP) is 1.71. The minimum atomic E-state index is -0.945. The van der Waals surface area contributed by atoms with Gasteiger partial charge in [-0.2, -0.15) is 0 Å². The monoisotopic (exact) mass is 322 g/mol. The molecular formula is C17H23FN2O3. The van der Waals surface area contributed by atoms with Crippen LogP contribution in [0.5, 0.6) is 0 Å². The zero-order valence-corrected chi connectivity index (χ0v) is 13.3. The number of carbonyl (C=O) groups is 1. The van der Waals surface area contributed by atoms with Gasteiger partial charge in [-0.25, -0.2) is 4.39 Å². The van der Waals surface area contributed by atoms with Crippen LogP contribution in [0.4, 0.5) is 4.39 Å². The van der Waals surface area contributed by atoms with Crippen molar-refractivity contribution < 1.29 is 19.0 Å². The first-order valence-corrected chi connectivity index (χ1v) is 8.08. The number of benzene rings is 1. The molecule has 2 aliphatic heterocycles. The Bertz CT molecular complexity index is 582. The fourth-order valence-electron chi connectivity index (χ4n) is 3.57. The predicted molar refractivity (Wildman–Crippen MR) is 83.9 cm³/mol. The summed E-state index contributed by atoms with van der Waals surface area (Å²) in [5.74, 6) is -1.31. The molecule has 5 nitrogen and oxygen atoms in total. The lowest BCUT2D eigenvalue weighted by Crippen LogP contribution is -2.57. The second-order valence-corrected chi connectivity index (χ2v) is 6.50. The van der Waals surface area contributed by atoms with E-state index in [0.717, 1.165) is 25.9 Å². The number of hydrogen-bond donors (Lipinski definition) is 2. The Labute approximate surface area is 135 Å². The number of halogens is 1. The highest BCUT2D eigenvalue weighted by atomic mass is 19.1. The average molecular weight is 322 g/mol. The Morgan fingerprint density at radius 1 is 1.43 bits per heavy atom. The van der Waals surface area contributed by atoms with Gasteiger partial charge in [0, 0.05) is 13.1 Å². The summed E-state index contributed by atoms with van der Waals surface area (Å²) in [4.78, 5) is 13.8. The van der Waals surface area contributed by atoms with Crippen molar-refractivity contribution in [2.24, 2.45) is 0 Å². The van der Waals surface area contributed by atoms with Crippen LogP contribution in [-0.2, 0) is 9.53 Å². The Kier molecular flexibility index (Phi) is 4.66. The highest BCUT2D eigenvalue weighted by Crippen LogP contribution is 2.32. The number of ether oxygens (including phenoxy) is 1. The molecule has 0 radical (unpaired) electrons. The summed E-state index contributed by atoms with van der Waals surface area (Å²) in [7, 11) is 0. The average Bonchev–Trinajstić information content (AvgIpc) is 2.52. The number of nitrogens with one attached hydrogen (secondary N) is 1. The smallest absolute Gasteiger partial charge is 0.325 e. The van der Waals surface area contributed by atoms with Gasteiger partial charge >= 0.3 is 5.97 Å². The largest absolute Gasteiger partial charge is 0.480 e. The van der Waals surface area contributed by atoms with E-state index in [1.165, 1.54) is 6.07 Å². The third-order valence-corrected chi connectivity index (χ3v) is 4.90. The van der Waals surface area contributed by atoms with Gasteiger partial charge < -0.3 is 15.2 Å². The Morgan fingerprint density at radius 3 is 2.83 bits per heavy atom. The molecule has 0 amide bonds. The number of carboxylic acid groups (broad SMARTS) is 1. The summed E-state index contributed by atoms with van der Waals surface area (Å²) in [5.41, 5.74) is 0.738. The molecule has 2 saturated heterocycles. The van der Waals surface area contributed by atoms with E-state index in [4.69, 9.17) is 4.74 Å². The topological polar surface area (TPSA) is 61.8 Å². The van der Waals surface area contributed by atoms with Crippen LogP contribution in [0.2, 0.25) is 0 Å². The summed E-state index contributed by atoms with van der Waals surface area (Å²) in [6.45, 7) is 5.06. The van der Waals surface area contributed by atoms with E-state index in [1.807, 2.05) is 4.90 Å². The van der Waals surface area contributed by atoms with Gasteiger partial charge in [0.15, 0.2) is 0 Å². The molecule has 0 aliphatic carbocycles. The van der Waals surface area contributed by atoms with Crippen LogP contribution < -0.4 is 5.32 Å². The minimum absolute atomic E-state index is 0.277. The van der Waals surface area contributed by atoms with Crippen molar-refractivity contribution in [2.75, 3.05) is 32.8 Å². The molecule has 0 bridgehead atoms. The van der Waals surface area contributed by atoms with Crippen molar-refractivity contribution in [2.45, 2.75) is 31.4 Å². The van der Waals surface area contributed by atoms with E-state index in [0.29, 0.717) is 30.8 Å². The van der Waals surface area contributed by atoms with Gasteiger partial charge in [-0.15, -0.1) is 0 Å². The fraction of sp³-hybridized carbons (Fsp3) is 0.588. The molecule has 1 aromatic carbocycles. The van der Waals surface area contributed by atoms with Gasteiger partial charge in [0.1, 0.15) is 11.9 Å². The maximum absolute atomic E-state index is 13.9. The summed E-state index contributed by atoms with van der Waals surface area (Å²) in [5, 5.41) is 13.0. The van der Waals surface area contributed by atoms with E-state index in [2.05, 4.69) is 5.32 Å². The van der Waals surface area contributed by atoms with E-state index >= 15 is 0 Å². The molecule has 1 spiro atoms. The minimum Gasteiger partial charge on any atom is -0.480 e. The van der Waals surface area contributed by atoms with Crippen molar-refractivity contribution in [3.05, 3.63) is 35.1 Å². The molecule has 1 aromatic rings. The summed E-state index contributed by atoms with van der Waals surface area (Å²) < 4.78 is 19.9. The van der Waals surface area contributed by atoms with Crippen molar-refractivity contribution in [3.63, 3.8) is 0 Å². The Balaban J connectivity index is 1.85. The lowest BCUT2D eigenvalue weighted by molar-refractivity contribution is -0.158. The molecular weight excluding hydrogens is 299 g/mol. The molecule has 1 unspecified atom stereocenters. The van der Waals surface area contributed by atoms with Crippen LogP contribution in [0, 0.1) is 12.7 Å². The first-order valence-electron chi connectivity index (χ1n) is 8.08. The quantitative estimate of drug-likeness (QED) is 0.887. The van der Waals surface area contributed by atoms with Gasteiger partial charge in [-0.1, -0.05) is 12.1 Å². The van der Waals surface area contributed by atoms with E-state index in [1.54, 1.807) is 19.1 Å². The number of aliphatic carboxylic acids is 1. The summed E-state index contributed by atoms with van der Waals surface area (Å²) in [6, 6.07) is 3.86. The maximum Gasteiger partial charge on any atom is 0.325 e. The third kappa shape index (κ3) is 3.39. The SMILES string of the molecule is Cc1ccc(C(C(=O)O)N2CCOC3(CCNCC3)C2)cc1F. The highest BCUT2D eigenvalue weighted by Gasteiger charge is 2.41. The van der Waals surface area contributed by atoms with Crippen LogP contribution >= 0.6 is 0 Å².